The maximum atomic E-state index is 13.0. The van der Waals surface area contributed by atoms with Crippen molar-refractivity contribution in [3.8, 4) is 0 Å². The Balaban J connectivity index is 1.67. The van der Waals surface area contributed by atoms with Crippen LogP contribution in [0.1, 0.15) is 51.9 Å². The molecule has 1 aliphatic heterocycles. The summed E-state index contributed by atoms with van der Waals surface area (Å²) in [7, 11) is -1.55. The molecule has 3 fully saturated rings. The van der Waals surface area contributed by atoms with Crippen molar-refractivity contribution in [2.45, 2.75) is 70.0 Å². The minimum Gasteiger partial charge on any atom is -0.312 e. The van der Waals surface area contributed by atoms with E-state index in [0.29, 0.717) is 18.5 Å². The minimum absolute atomic E-state index is 0.133. The second-order valence-corrected chi connectivity index (χ2v) is 8.99. The largest absolute Gasteiger partial charge is 0.312 e. The first kappa shape index (κ1) is 15.7. The lowest BCUT2D eigenvalue weighted by molar-refractivity contribution is 0.219. The van der Waals surface area contributed by atoms with Gasteiger partial charge < -0.3 is 5.32 Å². The Hall–Kier alpha value is -0.170. The van der Waals surface area contributed by atoms with Crippen LogP contribution < -0.4 is 5.32 Å². The van der Waals surface area contributed by atoms with Crippen LogP contribution >= 0.6 is 0 Å². The molecule has 122 valence electrons. The van der Waals surface area contributed by atoms with Gasteiger partial charge in [-0.05, 0) is 51.4 Å². The van der Waals surface area contributed by atoms with Crippen molar-refractivity contribution in [3.05, 3.63) is 0 Å². The Morgan fingerprint density at radius 3 is 2.52 bits per heavy atom. The summed E-state index contributed by atoms with van der Waals surface area (Å²) in [5.41, 5.74) is 0. The van der Waals surface area contributed by atoms with Gasteiger partial charge in [-0.15, -0.1) is 0 Å². The SMILES string of the molecule is CC(C1CC1)N(C)S(=O)(=O)N1CCCCC1CNC1CC1. The molecule has 2 atom stereocenters. The molecule has 0 aromatic heterocycles. The van der Waals surface area contributed by atoms with Gasteiger partial charge in [0.2, 0.25) is 0 Å². The Bertz CT molecular complexity index is 460. The summed E-state index contributed by atoms with van der Waals surface area (Å²) in [4.78, 5) is 0. The van der Waals surface area contributed by atoms with E-state index in [-0.39, 0.29) is 12.1 Å². The van der Waals surface area contributed by atoms with Crippen LogP contribution in [0.15, 0.2) is 0 Å². The number of nitrogens with one attached hydrogen (secondary N) is 1. The predicted molar refractivity (Wildman–Crippen MR) is 84.2 cm³/mol. The first-order valence-electron chi connectivity index (χ1n) is 8.48. The van der Waals surface area contributed by atoms with Crippen LogP contribution in [0.3, 0.4) is 0 Å². The molecule has 2 aliphatic carbocycles. The van der Waals surface area contributed by atoms with Crippen LogP contribution in [0.2, 0.25) is 0 Å². The van der Waals surface area contributed by atoms with E-state index in [9.17, 15) is 8.42 Å². The third kappa shape index (κ3) is 3.60. The van der Waals surface area contributed by atoms with Crippen molar-refractivity contribution in [1.82, 2.24) is 13.9 Å². The number of hydrogen-bond donors (Lipinski definition) is 1. The van der Waals surface area contributed by atoms with Crippen LogP contribution in [-0.2, 0) is 10.2 Å². The number of nitrogens with zero attached hydrogens (tertiary/aromatic N) is 2. The van der Waals surface area contributed by atoms with Crippen LogP contribution in [0, 0.1) is 5.92 Å². The first-order chi connectivity index (χ1) is 10.00. The predicted octanol–water partition coefficient (Wildman–Crippen LogP) is 1.57. The summed E-state index contributed by atoms with van der Waals surface area (Å²) in [6.45, 7) is 3.55. The highest BCUT2D eigenvalue weighted by Crippen LogP contribution is 2.36. The lowest BCUT2D eigenvalue weighted by atomic mass is 10.1. The third-order valence-corrected chi connectivity index (χ3v) is 7.46. The Morgan fingerprint density at radius 1 is 1.19 bits per heavy atom. The molecular formula is C15H29N3O2S. The number of hydrogen-bond acceptors (Lipinski definition) is 3. The van der Waals surface area contributed by atoms with Gasteiger partial charge in [-0.1, -0.05) is 6.42 Å². The molecule has 1 saturated heterocycles. The first-order valence-corrected chi connectivity index (χ1v) is 9.88. The fourth-order valence-electron chi connectivity index (χ4n) is 3.32. The lowest BCUT2D eigenvalue weighted by Gasteiger charge is -2.38. The quantitative estimate of drug-likeness (QED) is 0.776. The van der Waals surface area contributed by atoms with E-state index in [1.54, 1.807) is 15.7 Å². The maximum absolute atomic E-state index is 13.0. The average molecular weight is 315 g/mol. The fraction of sp³-hybridized carbons (Fsp3) is 1.00. The molecule has 21 heavy (non-hydrogen) atoms. The van der Waals surface area contributed by atoms with E-state index in [4.69, 9.17) is 0 Å². The average Bonchev–Trinajstić information content (AvgIpc) is 3.37. The molecule has 0 bridgehead atoms. The van der Waals surface area contributed by atoms with Crippen molar-refractivity contribution >= 4 is 10.2 Å². The molecule has 2 unspecified atom stereocenters. The molecule has 0 spiro atoms. The smallest absolute Gasteiger partial charge is 0.282 e. The second-order valence-electron chi connectivity index (χ2n) is 7.04. The summed E-state index contributed by atoms with van der Waals surface area (Å²) >= 11 is 0. The molecule has 5 nitrogen and oxygen atoms in total. The van der Waals surface area contributed by atoms with E-state index in [1.165, 1.54) is 25.7 Å². The fourth-order valence-corrected chi connectivity index (χ4v) is 5.16. The van der Waals surface area contributed by atoms with Gasteiger partial charge in [0.15, 0.2) is 0 Å². The normalized spacial score (nSPS) is 29.8. The Labute approximate surface area is 129 Å². The molecule has 0 aromatic rings. The lowest BCUT2D eigenvalue weighted by Crippen LogP contribution is -2.54. The van der Waals surface area contributed by atoms with E-state index >= 15 is 0 Å². The van der Waals surface area contributed by atoms with Gasteiger partial charge in [0.25, 0.3) is 10.2 Å². The van der Waals surface area contributed by atoms with Gasteiger partial charge in [-0.2, -0.15) is 17.0 Å². The van der Waals surface area contributed by atoms with E-state index in [2.05, 4.69) is 12.2 Å². The van der Waals surface area contributed by atoms with Gasteiger partial charge in [0, 0.05) is 38.3 Å². The van der Waals surface area contributed by atoms with Crippen LogP contribution in [0.5, 0.6) is 0 Å². The summed E-state index contributed by atoms with van der Waals surface area (Å²) < 4.78 is 29.3. The number of rotatable bonds is 7. The molecule has 6 heteroatoms. The van der Waals surface area contributed by atoms with Crippen molar-refractivity contribution < 1.29 is 8.42 Å². The minimum atomic E-state index is -3.32. The number of piperidine rings is 1. The van der Waals surface area contributed by atoms with Gasteiger partial charge in [0.1, 0.15) is 0 Å². The van der Waals surface area contributed by atoms with Gasteiger partial charge in [-0.3, -0.25) is 0 Å². The Morgan fingerprint density at radius 2 is 1.90 bits per heavy atom. The monoisotopic (exact) mass is 315 g/mol. The van der Waals surface area contributed by atoms with Crippen molar-refractivity contribution in [2.75, 3.05) is 20.1 Å². The molecule has 3 rings (SSSR count). The van der Waals surface area contributed by atoms with Gasteiger partial charge in [-0.25, -0.2) is 0 Å². The zero-order valence-corrected chi connectivity index (χ0v) is 14.1. The zero-order valence-electron chi connectivity index (χ0n) is 13.3. The van der Waals surface area contributed by atoms with Crippen molar-refractivity contribution in [2.24, 2.45) is 5.92 Å². The maximum Gasteiger partial charge on any atom is 0.282 e. The van der Waals surface area contributed by atoms with Crippen LogP contribution in [0.4, 0.5) is 0 Å². The van der Waals surface area contributed by atoms with E-state index in [1.807, 2.05) is 0 Å². The topological polar surface area (TPSA) is 52.7 Å². The zero-order chi connectivity index (χ0) is 15.0. The third-order valence-electron chi connectivity index (χ3n) is 5.33. The highest BCUT2D eigenvalue weighted by atomic mass is 32.2. The van der Waals surface area contributed by atoms with Crippen LogP contribution in [-0.4, -0.2) is 55.3 Å². The highest BCUT2D eigenvalue weighted by molar-refractivity contribution is 7.86. The van der Waals surface area contributed by atoms with E-state index in [0.717, 1.165) is 25.8 Å². The summed E-state index contributed by atoms with van der Waals surface area (Å²) in [5.74, 6) is 0.567. The van der Waals surface area contributed by atoms with Crippen molar-refractivity contribution in [3.63, 3.8) is 0 Å². The molecule has 3 aliphatic rings. The van der Waals surface area contributed by atoms with Gasteiger partial charge >= 0.3 is 0 Å². The second kappa shape index (κ2) is 6.14. The Kier molecular flexibility index (Phi) is 4.60. The summed E-state index contributed by atoms with van der Waals surface area (Å²) in [5, 5.41) is 3.51. The van der Waals surface area contributed by atoms with Crippen LogP contribution in [0.25, 0.3) is 0 Å². The molecule has 1 N–H and O–H groups in total. The molecule has 0 radical (unpaired) electrons. The molecule has 0 aromatic carbocycles. The van der Waals surface area contributed by atoms with Gasteiger partial charge in [0.05, 0.1) is 0 Å². The van der Waals surface area contributed by atoms with Crippen molar-refractivity contribution in [1.29, 1.82) is 0 Å². The molecule has 0 amide bonds. The molecule has 1 heterocycles. The summed E-state index contributed by atoms with van der Waals surface area (Å²) in [6, 6.07) is 0.909. The molecular weight excluding hydrogens is 286 g/mol. The molecule has 2 saturated carbocycles. The standard InChI is InChI=1S/C15H29N3O2S/c1-12(13-6-7-13)17(2)21(19,20)18-10-4-3-5-15(18)11-16-14-8-9-14/h12-16H,3-11H2,1-2H3. The summed E-state index contributed by atoms with van der Waals surface area (Å²) in [6.07, 6.45) is 7.97. The highest BCUT2D eigenvalue weighted by Gasteiger charge is 2.41. The van der Waals surface area contributed by atoms with E-state index < -0.39 is 10.2 Å².